The standard InChI is InChI=1S/C15H17Br2N3O3S/c1-4-22-10-5-9(6-18-20-15-19-11(21)7-24-15)12(16)13(17)14(10)23-8(2)3/h5-6,8H,4,7H2,1-3H3,(H,19,20,21). The molecule has 6 nitrogen and oxygen atoms in total. The predicted molar refractivity (Wildman–Crippen MR) is 104 cm³/mol. The first kappa shape index (κ1) is 19.3. The Morgan fingerprint density at radius 2 is 2.17 bits per heavy atom. The van der Waals surface area contributed by atoms with E-state index in [1.807, 2.05) is 26.8 Å². The number of carbonyl (C=O) groups is 1. The third kappa shape index (κ3) is 4.97. The van der Waals surface area contributed by atoms with E-state index in [4.69, 9.17) is 9.47 Å². The maximum absolute atomic E-state index is 11.1. The molecule has 1 aromatic rings. The van der Waals surface area contributed by atoms with Crippen LogP contribution in [0.3, 0.4) is 0 Å². The highest BCUT2D eigenvalue weighted by Crippen LogP contribution is 2.42. The Kier molecular flexibility index (Phi) is 7.12. The number of hydrogen-bond acceptors (Lipinski definition) is 6. The summed E-state index contributed by atoms with van der Waals surface area (Å²) in [6.45, 7) is 6.34. The number of hydrogen-bond donors (Lipinski definition) is 1. The van der Waals surface area contributed by atoms with Gasteiger partial charge in [0.2, 0.25) is 5.91 Å². The van der Waals surface area contributed by atoms with Crippen molar-refractivity contribution in [3.63, 3.8) is 0 Å². The molecule has 1 aromatic carbocycles. The summed E-state index contributed by atoms with van der Waals surface area (Å²) in [6, 6.07) is 1.83. The Morgan fingerprint density at radius 3 is 2.75 bits per heavy atom. The van der Waals surface area contributed by atoms with E-state index in [1.165, 1.54) is 11.8 Å². The lowest BCUT2D eigenvalue weighted by Crippen LogP contribution is -2.19. The van der Waals surface area contributed by atoms with Gasteiger partial charge < -0.3 is 14.8 Å². The molecule has 1 saturated heterocycles. The SMILES string of the molecule is CCOc1cc(C=NN=C2NC(=O)CS2)c(Br)c(Br)c1OC(C)C. The Labute approximate surface area is 161 Å². The van der Waals surface area contributed by atoms with Crippen LogP contribution in [0.4, 0.5) is 0 Å². The maximum atomic E-state index is 11.1. The second-order valence-electron chi connectivity index (χ2n) is 5.01. The van der Waals surface area contributed by atoms with Gasteiger partial charge in [-0.05, 0) is 58.7 Å². The smallest absolute Gasteiger partial charge is 0.236 e. The van der Waals surface area contributed by atoms with E-state index < -0.39 is 0 Å². The van der Waals surface area contributed by atoms with E-state index in [0.29, 0.717) is 29.0 Å². The van der Waals surface area contributed by atoms with Gasteiger partial charge in [0.25, 0.3) is 0 Å². The van der Waals surface area contributed by atoms with Gasteiger partial charge in [-0.1, -0.05) is 11.8 Å². The van der Waals surface area contributed by atoms with Crippen LogP contribution in [0.1, 0.15) is 26.3 Å². The molecule has 0 atom stereocenters. The van der Waals surface area contributed by atoms with Crippen LogP contribution in [-0.4, -0.2) is 35.8 Å². The third-order valence-corrected chi connectivity index (χ3v) is 5.75. The molecule has 9 heteroatoms. The maximum Gasteiger partial charge on any atom is 0.236 e. The van der Waals surface area contributed by atoms with E-state index in [0.717, 1.165) is 14.5 Å². The lowest BCUT2D eigenvalue weighted by Gasteiger charge is -2.18. The summed E-state index contributed by atoms with van der Waals surface area (Å²) in [5.74, 6) is 1.57. The molecular formula is C15H17Br2N3O3S. The van der Waals surface area contributed by atoms with Crippen molar-refractivity contribution in [2.45, 2.75) is 26.9 Å². The van der Waals surface area contributed by atoms with Crippen LogP contribution >= 0.6 is 43.6 Å². The molecule has 0 aromatic heterocycles. The van der Waals surface area contributed by atoms with Crippen molar-refractivity contribution < 1.29 is 14.3 Å². The van der Waals surface area contributed by atoms with E-state index >= 15 is 0 Å². The monoisotopic (exact) mass is 477 g/mol. The van der Waals surface area contributed by atoms with Crippen molar-refractivity contribution in [3.05, 3.63) is 20.6 Å². The van der Waals surface area contributed by atoms with Crippen LogP contribution in [0.25, 0.3) is 0 Å². The molecule has 1 amide bonds. The third-order valence-electron chi connectivity index (χ3n) is 2.74. The molecule has 1 N–H and O–H groups in total. The van der Waals surface area contributed by atoms with Gasteiger partial charge in [0.15, 0.2) is 16.7 Å². The number of nitrogens with zero attached hydrogens (tertiary/aromatic N) is 2. The summed E-state index contributed by atoms with van der Waals surface area (Å²) in [4.78, 5) is 11.1. The molecule has 1 aliphatic rings. The van der Waals surface area contributed by atoms with Gasteiger partial charge in [0.1, 0.15) is 0 Å². The number of rotatable bonds is 6. The minimum atomic E-state index is -0.0632. The van der Waals surface area contributed by atoms with Crippen LogP contribution in [0.15, 0.2) is 25.2 Å². The topological polar surface area (TPSA) is 72.3 Å². The Balaban J connectivity index is 2.31. The predicted octanol–water partition coefficient (Wildman–Crippen LogP) is 3.95. The number of thioether (sulfide) groups is 1. The fourth-order valence-corrected chi connectivity index (χ4v) is 3.38. The summed E-state index contributed by atoms with van der Waals surface area (Å²) in [5, 5.41) is 11.1. The molecule has 1 aliphatic heterocycles. The molecule has 0 aliphatic carbocycles. The fourth-order valence-electron chi connectivity index (χ4n) is 1.83. The molecule has 2 rings (SSSR count). The highest BCUT2D eigenvalue weighted by atomic mass is 79.9. The second-order valence-corrected chi connectivity index (χ2v) is 7.56. The zero-order valence-electron chi connectivity index (χ0n) is 13.4. The van der Waals surface area contributed by atoms with Gasteiger partial charge in [0.05, 0.1) is 29.2 Å². The minimum absolute atomic E-state index is 0.0151. The summed E-state index contributed by atoms with van der Waals surface area (Å²) >= 11 is 8.39. The van der Waals surface area contributed by atoms with Crippen LogP contribution in [0.2, 0.25) is 0 Å². The minimum Gasteiger partial charge on any atom is -0.490 e. The van der Waals surface area contributed by atoms with E-state index in [2.05, 4.69) is 47.4 Å². The number of amides is 1. The quantitative estimate of drug-likeness (QED) is 0.496. The molecule has 0 radical (unpaired) electrons. The molecule has 0 spiro atoms. The van der Waals surface area contributed by atoms with E-state index in [9.17, 15) is 4.79 Å². The van der Waals surface area contributed by atoms with Crippen molar-refractivity contribution in [1.29, 1.82) is 0 Å². The summed E-state index contributed by atoms with van der Waals surface area (Å²) in [7, 11) is 0. The van der Waals surface area contributed by atoms with Crippen molar-refractivity contribution in [2.24, 2.45) is 10.2 Å². The number of halogens is 2. The lowest BCUT2D eigenvalue weighted by molar-refractivity contribution is -0.116. The average Bonchev–Trinajstić information content (AvgIpc) is 2.93. The molecule has 1 fully saturated rings. The van der Waals surface area contributed by atoms with Crippen LogP contribution in [0.5, 0.6) is 11.5 Å². The fraction of sp³-hybridized carbons (Fsp3) is 0.400. The molecule has 24 heavy (non-hydrogen) atoms. The second kappa shape index (κ2) is 8.87. The summed E-state index contributed by atoms with van der Waals surface area (Å²) in [5.41, 5.74) is 0.778. The highest BCUT2D eigenvalue weighted by molar-refractivity contribution is 9.13. The first-order valence-corrected chi connectivity index (χ1v) is 9.84. The highest BCUT2D eigenvalue weighted by Gasteiger charge is 2.18. The van der Waals surface area contributed by atoms with Gasteiger partial charge >= 0.3 is 0 Å². The molecule has 130 valence electrons. The van der Waals surface area contributed by atoms with Crippen LogP contribution in [0, 0.1) is 0 Å². The molecular weight excluding hydrogens is 462 g/mol. The Hall–Kier alpha value is -1.06. The number of benzene rings is 1. The Morgan fingerprint density at radius 1 is 1.42 bits per heavy atom. The molecule has 0 bridgehead atoms. The number of nitrogens with one attached hydrogen (secondary N) is 1. The zero-order chi connectivity index (χ0) is 17.7. The van der Waals surface area contributed by atoms with Gasteiger partial charge in [0, 0.05) is 10.0 Å². The first-order chi connectivity index (χ1) is 11.4. The van der Waals surface area contributed by atoms with Crippen LogP contribution in [-0.2, 0) is 4.79 Å². The van der Waals surface area contributed by atoms with Gasteiger partial charge in [-0.15, -0.1) is 5.10 Å². The number of carbonyl (C=O) groups excluding carboxylic acids is 1. The molecule has 0 unspecified atom stereocenters. The van der Waals surface area contributed by atoms with E-state index in [-0.39, 0.29) is 12.0 Å². The van der Waals surface area contributed by atoms with Crippen molar-refractivity contribution in [1.82, 2.24) is 5.32 Å². The zero-order valence-corrected chi connectivity index (χ0v) is 17.4. The first-order valence-electron chi connectivity index (χ1n) is 7.27. The average molecular weight is 479 g/mol. The van der Waals surface area contributed by atoms with Gasteiger partial charge in [-0.25, -0.2) is 0 Å². The largest absolute Gasteiger partial charge is 0.490 e. The van der Waals surface area contributed by atoms with Crippen molar-refractivity contribution in [3.8, 4) is 11.5 Å². The molecule has 1 heterocycles. The summed E-state index contributed by atoms with van der Waals surface area (Å²) in [6.07, 6.45) is 1.61. The summed E-state index contributed by atoms with van der Waals surface area (Å²) < 4.78 is 13.0. The Bertz CT molecular complexity index is 693. The normalized spacial score (nSPS) is 16.2. The van der Waals surface area contributed by atoms with Crippen molar-refractivity contribution in [2.75, 3.05) is 12.4 Å². The van der Waals surface area contributed by atoms with Gasteiger partial charge in [-0.2, -0.15) is 5.10 Å². The van der Waals surface area contributed by atoms with Crippen molar-refractivity contribution >= 4 is 60.9 Å². The van der Waals surface area contributed by atoms with E-state index in [1.54, 1.807) is 6.21 Å². The number of ether oxygens (including phenoxy) is 2. The number of amidine groups is 1. The van der Waals surface area contributed by atoms with Gasteiger partial charge in [-0.3, -0.25) is 4.79 Å². The van der Waals surface area contributed by atoms with Crippen LogP contribution < -0.4 is 14.8 Å². The lowest BCUT2D eigenvalue weighted by atomic mass is 10.2. The molecule has 0 saturated carbocycles.